The van der Waals surface area contributed by atoms with Crippen LogP contribution in [-0.2, 0) is 11.4 Å². The molecule has 5 heteroatoms. The fourth-order valence-electron chi connectivity index (χ4n) is 1.45. The molecule has 0 radical (unpaired) electrons. The second-order valence-corrected chi connectivity index (χ2v) is 4.27. The molecule has 0 heterocycles. The Hall–Kier alpha value is -2.04. The van der Waals surface area contributed by atoms with E-state index in [9.17, 15) is 4.79 Å². The van der Waals surface area contributed by atoms with Gasteiger partial charge in [-0.05, 0) is 29.8 Å². The van der Waals surface area contributed by atoms with Gasteiger partial charge in [-0.25, -0.2) is 10.3 Å². The van der Waals surface area contributed by atoms with Gasteiger partial charge in [0.05, 0.1) is 6.61 Å². The number of hydroxylamine groups is 1. The molecule has 2 amide bonds. The summed E-state index contributed by atoms with van der Waals surface area (Å²) in [4.78, 5) is 16.6. The summed E-state index contributed by atoms with van der Waals surface area (Å²) in [6, 6.07) is 15.9. The minimum absolute atomic E-state index is 0.314. The molecule has 2 N–H and O–H groups in total. The molecule has 0 saturated carbocycles. The summed E-state index contributed by atoms with van der Waals surface area (Å²) in [5.41, 5.74) is 3.94. The number of halogens is 1. The SMILES string of the molecule is O=C(NOCc1ccccc1)Nc1ccc(Cl)cc1. The number of amides is 2. The van der Waals surface area contributed by atoms with Crippen LogP contribution in [0, 0.1) is 0 Å². The number of urea groups is 1. The lowest BCUT2D eigenvalue weighted by atomic mass is 10.2. The quantitative estimate of drug-likeness (QED) is 0.839. The number of benzene rings is 2. The molecule has 0 unspecified atom stereocenters. The zero-order valence-electron chi connectivity index (χ0n) is 10.1. The Bertz CT molecular complexity index is 529. The van der Waals surface area contributed by atoms with Crippen LogP contribution >= 0.6 is 11.6 Å². The summed E-state index contributed by atoms with van der Waals surface area (Å²) in [7, 11) is 0. The van der Waals surface area contributed by atoms with Crippen molar-refractivity contribution in [2.24, 2.45) is 0 Å². The molecule has 0 spiro atoms. The molecule has 0 atom stereocenters. The Balaban J connectivity index is 1.74. The molecule has 0 aliphatic carbocycles. The van der Waals surface area contributed by atoms with Crippen molar-refractivity contribution in [1.29, 1.82) is 0 Å². The van der Waals surface area contributed by atoms with Crippen LogP contribution in [0.4, 0.5) is 10.5 Å². The summed E-state index contributed by atoms with van der Waals surface area (Å²) in [5.74, 6) is 0. The van der Waals surface area contributed by atoms with E-state index in [-0.39, 0.29) is 0 Å². The summed E-state index contributed by atoms with van der Waals surface area (Å²) in [6.07, 6.45) is 0. The van der Waals surface area contributed by atoms with Crippen LogP contribution in [0.15, 0.2) is 54.6 Å². The van der Waals surface area contributed by atoms with Gasteiger partial charge in [0, 0.05) is 10.7 Å². The van der Waals surface area contributed by atoms with Crippen LogP contribution in [-0.4, -0.2) is 6.03 Å². The summed E-state index contributed by atoms with van der Waals surface area (Å²) >= 11 is 5.75. The number of hydrogen-bond acceptors (Lipinski definition) is 2. The molecule has 98 valence electrons. The molecule has 2 aromatic rings. The molecule has 0 fully saturated rings. The highest BCUT2D eigenvalue weighted by Crippen LogP contribution is 2.13. The van der Waals surface area contributed by atoms with E-state index in [2.05, 4.69) is 10.8 Å². The first kappa shape index (κ1) is 13.4. The molecule has 2 rings (SSSR count). The van der Waals surface area contributed by atoms with Crippen molar-refractivity contribution >= 4 is 23.3 Å². The number of hydrogen-bond donors (Lipinski definition) is 2. The van der Waals surface area contributed by atoms with E-state index >= 15 is 0 Å². The summed E-state index contributed by atoms with van der Waals surface area (Å²) in [5, 5.41) is 3.24. The third-order valence-electron chi connectivity index (χ3n) is 2.35. The van der Waals surface area contributed by atoms with Crippen molar-refractivity contribution in [3.05, 3.63) is 65.2 Å². The first-order chi connectivity index (χ1) is 9.24. The zero-order chi connectivity index (χ0) is 13.5. The number of nitrogens with one attached hydrogen (secondary N) is 2. The van der Waals surface area contributed by atoms with E-state index in [4.69, 9.17) is 16.4 Å². The van der Waals surface area contributed by atoms with Crippen LogP contribution in [0.2, 0.25) is 5.02 Å². The zero-order valence-corrected chi connectivity index (χ0v) is 10.9. The van der Waals surface area contributed by atoms with Crippen LogP contribution in [0.3, 0.4) is 0 Å². The minimum atomic E-state index is -0.432. The second-order valence-electron chi connectivity index (χ2n) is 3.84. The van der Waals surface area contributed by atoms with Gasteiger partial charge < -0.3 is 5.32 Å². The van der Waals surface area contributed by atoms with Crippen molar-refractivity contribution < 1.29 is 9.63 Å². The molecule has 0 saturated heterocycles. The molecule has 0 bridgehead atoms. The van der Waals surface area contributed by atoms with Crippen molar-refractivity contribution in [3.63, 3.8) is 0 Å². The van der Waals surface area contributed by atoms with Crippen LogP contribution in [0.25, 0.3) is 0 Å². The molecule has 4 nitrogen and oxygen atoms in total. The minimum Gasteiger partial charge on any atom is -0.306 e. The predicted octanol–water partition coefficient (Wildman–Crippen LogP) is 3.59. The van der Waals surface area contributed by atoms with Crippen LogP contribution in [0.1, 0.15) is 5.56 Å². The predicted molar refractivity (Wildman–Crippen MR) is 74.8 cm³/mol. The van der Waals surface area contributed by atoms with E-state index in [1.165, 1.54) is 0 Å². The molecule has 19 heavy (non-hydrogen) atoms. The highest BCUT2D eigenvalue weighted by molar-refractivity contribution is 6.30. The number of rotatable bonds is 4. The van der Waals surface area contributed by atoms with Crippen LogP contribution < -0.4 is 10.8 Å². The maximum Gasteiger partial charge on any atom is 0.343 e. The van der Waals surface area contributed by atoms with Gasteiger partial charge in [0.25, 0.3) is 0 Å². The van der Waals surface area contributed by atoms with Crippen molar-refractivity contribution in [2.45, 2.75) is 6.61 Å². The topological polar surface area (TPSA) is 50.4 Å². The van der Waals surface area contributed by atoms with Gasteiger partial charge in [0.15, 0.2) is 0 Å². The van der Waals surface area contributed by atoms with Gasteiger partial charge >= 0.3 is 6.03 Å². The standard InChI is InChI=1S/C14H13ClN2O2/c15-12-6-8-13(9-7-12)16-14(18)17-19-10-11-4-2-1-3-5-11/h1-9H,10H2,(H2,16,17,18). The number of anilines is 1. The molecular formula is C14H13ClN2O2. The lowest BCUT2D eigenvalue weighted by Crippen LogP contribution is -2.28. The first-order valence-corrected chi connectivity index (χ1v) is 6.10. The monoisotopic (exact) mass is 276 g/mol. The molecular weight excluding hydrogens is 264 g/mol. The van der Waals surface area contributed by atoms with Gasteiger partial charge in [-0.3, -0.25) is 4.84 Å². The first-order valence-electron chi connectivity index (χ1n) is 5.72. The fourth-order valence-corrected chi connectivity index (χ4v) is 1.58. The smallest absolute Gasteiger partial charge is 0.306 e. The average Bonchev–Trinajstić information content (AvgIpc) is 2.43. The Morgan fingerprint density at radius 3 is 2.42 bits per heavy atom. The summed E-state index contributed by atoms with van der Waals surface area (Å²) in [6.45, 7) is 0.314. The van der Waals surface area contributed by atoms with E-state index < -0.39 is 6.03 Å². The second kappa shape index (κ2) is 6.78. The van der Waals surface area contributed by atoms with Crippen molar-refractivity contribution in [2.75, 3.05) is 5.32 Å². The lowest BCUT2D eigenvalue weighted by molar-refractivity contribution is 0.0536. The van der Waals surface area contributed by atoms with Gasteiger partial charge in [0.2, 0.25) is 0 Å². The molecule has 2 aromatic carbocycles. The fraction of sp³-hybridized carbons (Fsp3) is 0.0714. The van der Waals surface area contributed by atoms with E-state index in [0.717, 1.165) is 5.56 Å². The Labute approximate surface area is 116 Å². The van der Waals surface area contributed by atoms with Crippen LogP contribution in [0.5, 0.6) is 0 Å². The molecule has 0 aromatic heterocycles. The third kappa shape index (κ3) is 4.62. The van der Waals surface area contributed by atoms with Gasteiger partial charge in [0.1, 0.15) is 0 Å². The van der Waals surface area contributed by atoms with Crippen molar-refractivity contribution in [3.8, 4) is 0 Å². The van der Waals surface area contributed by atoms with E-state index in [1.807, 2.05) is 30.3 Å². The normalized spacial score (nSPS) is 9.95. The van der Waals surface area contributed by atoms with E-state index in [1.54, 1.807) is 24.3 Å². The maximum atomic E-state index is 11.5. The Morgan fingerprint density at radius 1 is 1.05 bits per heavy atom. The van der Waals surface area contributed by atoms with Gasteiger partial charge in [-0.2, -0.15) is 0 Å². The molecule has 0 aliphatic heterocycles. The number of carbonyl (C=O) groups is 1. The van der Waals surface area contributed by atoms with Crippen molar-refractivity contribution in [1.82, 2.24) is 5.48 Å². The Morgan fingerprint density at radius 2 is 1.74 bits per heavy atom. The van der Waals surface area contributed by atoms with Gasteiger partial charge in [-0.1, -0.05) is 41.9 Å². The lowest BCUT2D eigenvalue weighted by Gasteiger charge is -2.07. The molecule has 0 aliphatic rings. The highest BCUT2D eigenvalue weighted by atomic mass is 35.5. The average molecular weight is 277 g/mol. The largest absolute Gasteiger partial charge is 0.343 e. The summed E-state index contributed by atoms with van der Waals surface area (Å²) < 4.78 is 0. The third-order valence-corrected chi connectivity index (χ3v) is 2.60. The van der Waals surface area contributed by atoms with Gasteiger partial charge in [-0.15, -0.1) is 0 Å². The highest BCUT2D eigenvalue weighted by Gasteiger charge is 2.01. The number of carbonyl (C=O) groups excluding carboxylic acids is 1. The van der Waals surface area contributed by atoms with E-state index in [0.29, 0.717) is 17.3 Å². The Kier molecular flexibility index (Phi) is 4.78. The maximum absolute atomic E-state index is 11.5.